The number of hydrogen-bond donors (Lipinski definition) is 0. The summed E-state index contributed by atoms with van der Waals surface area (Å²) in [6, 6.07) is 24.7. The van der Waals surface area contributed by atoms with Crippen LogP contribution in [-0.4, -0.2) is 17.9 Å². The van der Waals surface area contributed by atoms with Gasteiger partial charge in [0.1, 0.15) is 5.92 Å². The van der Waals surface area contributed by atoms with Crippen LogP contribution < -0.4 is 9.96 Å². The normalized spacial score (nSPS) is 23.2. The van der Waals surface area contributed by atoms with Crippen molar-refractivity contribution in [3.05, 3.63) is 95.6 Å². The van der Waals surface area contributed by atoms with Crippen LogP contribution in [0.2, 0.25) is 0 Å². The molecule has 2 amide bonds. The first-order valence-electron chi connectivity index (χ1n) is 10.1. The summed E-state index contributed by atoms with van der Waals surface area (Å²) in [5.74, 6) is -1.15. The molecular weight excluding hydrogens is 376 g/mol. The summed E-state index contributed by atoms with van der Waals surface area (Å²) in [4.78, 5) is 34.2. The summed E-state index contributed by atoms with van der Waals surface area (Å²) in [5, 5.41) is 1.72. The molecule has 5 nitrogen and oxygen atoms in total. The molecule has 0 N–H and O–H groups in total. The van der Waals surface area contributed by atoms with Crippen molar-refractivity contribution in [3.63, 3.8) is 0 Å². The zero-order valence-electron chi connectivity index (χ0n) is 16.9. The molecule has 0 aromatic heterocycles. The van der Waals surface area contributed by atoms with Crippen LogP contribution in [0.15, 0.2) is 78.9 Å². The van der Waals surface area contributed by atoms with Crippen LogP contribution in [0.1, 0.15) is 22.7 Å². The molecule has 30 heavy (non-hydrogen) atoms. The van der Waals surface area contributed by atoms with Crippen LogP contribution in [-0.2, 0) is 14.4 Å². The average Bonchev–Trinajstić information content (AvgIpc) is 3.27. The van der Waals surface area contributed by atoms with Gasteiger partial charge in [0, 0.05) is 0 Å². The summed E-state index contributed by atoms with van der Waals surface area (Å²) >= 11 is 0. The summed E-state index contributed by atoms with van der Waals surface area (Å²) in [7, 11) is 0. The van der Waals surface area contributed by atoms with Gasteiger partial charge in [-0.1, -0.05) is 65.7 Å². The van der Waals surface area contributed by atoms with E-state index >= 15 is 0 Å². The predicted octanol–water partition coefficient (Wildman–Crippen LogP) is 4.35. The standard InChI is InChI=1S/C25H22N2O3/c1-16-8-12-18(13-9-16)22-21-23(30-27(22)20-6-4-3-5-7-20)25(29)26(24(21)28)19-14-10-17(2)11-15-19/h3-15,21-23H,1-2H3/t21-,22+,23+/m1/s1. The van der Waals surface area contributed by atoms with E-state index in [0.717, 1.165) is 22.4 Å². The molecule has 2 fully saturated rings. The Kier molecular flexibility index (Phi) is 4.40. The van der Waals surface area contributed by atoms with E-state index in [4.69, 9.17) is 4.84 Å². The lowest BCUT2D eigenvalue weighted by Gasteiger charge is -2.28. The Hall–Kier alpha value is -3.44. The van der Waals surface area contributed by atoms with Gasteiger partial charge in [0.25, 0.3) is 5.91 Å². The fourth-order valence-electron chi connectivity index (χ4n) is 4.26. The van der Waals surface area contributed by atoms with Gasteiger partial charge in [0.2, 0.25) is 5.91 Å². The molecule has 3 aromatic rings. The highest BCUT2D eigenvalue weighted by Gasteiger charge is 2.60. The Balaban J connectivity index is 1.58. The molecule has 5 rings (SSSR count). The van der Waals surface area contributed by atoms with Crippen molar-refractivity contribution >= 4 is 23.2 Å². The molecule has 0 saturated carbocycles. The number of fused-ring (bicyclic) bond motifs is 1. The van der Waals surface area contributed by atoms with Crippen molar-refractivity contribution in [2.75, 3.05) is 9.96 Å². The lowest BCUT2D eigenvalue weighted by atomic mass is 9.90. The number of carbonyl (C=O) groups excluding carboxylic acids is 2. The summed E-state index contributed by atoms with van der Waals surface area (Å²) < 4.78 is 0. The van der Waals surface area contributed by atoms with E-state index in [1.807, 2.05) is 92.7 Å². The van der Waals surface area contributed by atoms with E-state index in [0.29, 0.717) is 5.69 Å². The van der Waals surface area contributed by atoms with E-state index in [-0.39, 0.29) is 17.9 Å². The number of aryl methyl sites for hydroxylation is 2. The molecule has 150 valence electrons. The van der Waals surface area contributed by atoms with Crippen LogP contribution >= 0.6 is 0 Å². The minimum Gasteiger partial charge on any atom is -0.273 e. The first-order chi connectivity index (χ1) is 14.5. The minimum absolute atomic E-state index is 0.224. The van der Waals surface area contributed by atoms with Gasteiger partial charge in [-0.15, -0.1) is 0 Å². The highest BCUT2D eigenvalue weighted by Crippen LogP contribution is 2.47. The number of hydrogen-bond acceptors (Lipinski definition) is 4. The number of anilines is 2. The second-order valence-corrected chi connectivity index (χ2v) is 7.92. The maximum absolute atomic E-state index is 13.5. The van der Waals surface area contributed by atoms with Crippen LogP contribution in [0.5, 0.6) is 0 Å². The fraction of sp³-hybridized carbons (Fsp3) is 0.200. The Bertz CT molecular complexity index is 1090. The van der Waals surface area contributed by atoms with Crippen molar-refractivity contribution < 1.29 is 14.4 Å². The van der Waals surface area contributed by atoms with E-state index in [9.17, 15) is 9.59 Å². The second kappa shape index (κ2) is 7.11. The largest absolute Gasteiger partial charge is 0.273 e. The second-order valence-electron chi connectivity index (χ2n) is 7.92. The fourth-order valence-corrected chi connectivity index (χ4v) is 4.26. The lowest BCUT2D eigenvalue weighted by molar-refractivity contribution is -0.126. The van der Waals surface area contributed by atoms with Gasteiger partial charge in [0.15, 0.2) is 6.10 Å². The molecule has 0 unspecified atom stereocenters. The van der Waals surface area contributed by atoms with E-state index in [1.54, 1.807) is 5.06 Å². The monoisotopic (exact) mass is 398 g/mol. The van der Waals surface area contributed by atoms with Crippen LogP contribution in [0.4, 0.5) is 11.4 Å². The number of benzene rings is 3. The summed E-state index contributed by atoms with van der Waals surface area (Å²) in [6.07, 6.45) is -0.842. The molecule has 2 saturated heterocycles. The van der Waals surface area contributed by atoms with Crippen molar-refractivity contribution in [1.29, 1.82) is 0 Å². The molecule has 3 atom stereocenters. The van der Waals surface area contributed by atoms with Crippen LogP contribution in [0.25, 0.3) is 0 Å². The number of nitrogens with zero attached hydrogens (tertiary/aromatic N) is 2. The zero-order valence-corrected chi connectivity index (χ0v) is 16.9. The van der Waals surface area contributed by atoms with E-state index in [2.05, 4.69) is 0 Å². The Labute approximate surface area is 175 Å². The van der Waals surface area contributed by atoms with Crippen molar-refractivity contribution in [2.45, 2.75) is 26.0 Å². The third-order valence-electron chi connectivity index (χ3n) is 5.84. The highest BCUT2D eigenvalue weighted by atomic mass is 16.7. The van der Waals surface area contributed by atoms with Crippen molar-refractivity contribution in [1.82, 2.24) is 0 Å². The molecule has 0 bridgehead atoms. The molecule has 2 aliphatic rings. The first kappa shape index (κ1) is 18.6. The van der Waals surface area contributed by atoms with Gasteiger partial charge >= 0.3 is 0 Å². The lowest BCUT2D eigenvalue weighted by Crippen LogP contribution is -2.37. The molecular formula is C25H22N2O3. The number of amides is 2. The number of hydroxylamine groups is 1. The maximum Gasteiger partial charge on any atom is 0.266 e. The number of para-hydroxylation sites is 1. The molecule has 3 aromatic carbocycles. The quantitative estimate of drug-likeness (QED) is 0.616. The Morgan fingerprint density at radius 1 is 0.700 bits per heavy atom. The number of carbonyl (C=O) groups is 2. The maximum atomic E-state index is 13.5. The van der Waals surface area contributed by atoms with Gasteiger partial charge < -0.3 is 0 Å². The van der Waals surface area contributed by atoms with Crippen LogP contribution in [0.3, 0.4) is 0 Å². The first-order valence-corrected chi connectivity index (χ1v) is 10.1. The zero-order chi connectivity index (χ0) is 20.8. The Morgan fingerprint density at radius 3 is 1.93 bits per heavy atom. The Morgan fingerprint density at radius 2 is 1.30 bits per heavy atom. The van der Waals surface area contributed by atoms with Gasteiger partial charge in [-0.25, -0.2) is 9.96 Å². The van der Waals surface area contributed by atoms with Crippen molar-refractivity contribution in [2.24, 2.45) is 5.92 Å². The van der Waals surface area contributed by atoms with E-state index in [1.165, 1.54) is 4.90 Å². The molecule has 5 heteroatoms. The van der Waals surface area contributed by atoms with E-state index < -0.39 is 12.0 Å². The SMILES string of the molecule is Cc1ccc([C@H]2[C@H]3C(=O)N(c4ccc(C)cc4)C(=O)[C@H]3ON2c2ccccc2)cc1. The van der Waals surface area contributed by atoms with Gasteiger partial charge in [-0.2, -0.15) is 0 Å². The predicted molar refractivity (Wildman–Crippen MR) is 115 cm³/mol. The van der Waals surface area contributed by atoms with Gasteiger partial charge in [-0.05, 0) is 43.7 Å². The smallest absolute Gasteiger partial charge is 0.266 e. The molecule has 0 spiro atoms. The minimum atomic E-state index is -0.842. The third-order valence-corrected chi connectivity index (χ3v) is 5.84. The van der Waals surface area contributed by atoms with Crippen molar-refractivity contribution in [3.8, 4) is 0 Å². The molecule has 2 heterocycles. The summed E-state index contributed by atoms with van der Waals surface area (Å²) in [6.45, 7) is 4.00. The van der Waals surface area contributed by atoms with Crippen LogP contribution in [0, 0.1) is 19.8 Å². The molecule has 0 radical (unpaired) electrons. The number of rotatable bonds is 3. The summed E-state index contributed by atoms with van der Waals surface area (Å²) in [5.41, 5.74) is 4.56. The molecule has 0 aliphatic carbocycles. The topological polar surface area (TPSA) is 49.9 Å². The number of imide groups is 1. The average molecular weight is 398 g/mol. The highest BCUT2D eigenvalue weighted by molar-refractivity contribution is 6.23. The third kappa shape index (κ3) is 2.90. The van der Waals surface area contributed by atoms with Gasteiger partial charge in [0.05, 0.1) is 17.4 Å². The van der Waals surface area contributed by atoms with Gasteiger partial charge in [-0.3, -0.25) is 14.4 Å². The molecule has 2 aliphatic heterocycles.